The SMILES string of the molecule is CCCCCCCCCCCCSCCCOCC(COCCCSCCCCCCCCCCCC)(COCCCSCCCCCCCCCCCC)COC(=O)CCSCCCCCCCCCCCC. The highest BCUT2D eigenvalue weighted by Gasteiger charge is 2.34. The van der Waals surface area contributed by atoms with Crippen molar-refractivity contribution in [2.24, 2.45) is 5.41 Å². The molecule has 0 aromatic rings. The molecule has 0 rings (SSSR count). The van der Waals surface area contributed by atoms with Gasteiger partial charge < -0.3 is 18.9 Å². The number of rotatable bonds is 67. The monoisotopic (exact) mass is 1120 g/mol. The fourth-order valence-electron chi connectivity index (χ4n) is 9.54. The maximum atomic E-state index is 13.3. The normalized spacial score (nSPS) is 11.9. The van der Waals surface area contributed by atoms with Crippen LogP contribution in [0.15, 0.2) is 0 Å². The minimum absolute atomic E-state index is 0.0972. The van der Waals surface area contributed by atoms with Crippen LogP contribution in [0.3, 0.4) is 0 Å². The van der Waals surface area contributed by atoms with Gasteiger partial charge in [-0.1, -0.05) is 259 Å². The number of hydrogen-bond donors (Lipinski definition) is 0. The lowest BCUT2D eigenvalue weighted by molar-refractivity contribution is -0.155. The van der Waals surface area contributed by atoms with E-state index >= 15 is 0 Å². The molecule has 444 valence electrons. The second-order valence-electron chi connectivity index (χ2n) is 22.3. The first kappa shape index (κ1) is 74.8. The van der Waals surface area contributed by atoms with Crippen molar-refractivity contribution in [1.29, 1.82) is 0 Å². The van der Waals surface area contributed by atoms with Crippen LogP contribution in [0.1, 0.15) is 310 Å². The molecule has 0 fully saturated rings. The number of carbonyl (C=O) groups excluding carboxylic acids is 1. The van der Waals surface area contributed by atoms with Crippen molar-refractivity contribution in [1.82, 2.24) is 0 Å². The standard InChI is InChI=1S/C65H130O5S4/c1-5-9-13-17-21-25-29-33-37-41-52-71-56-45-49-67-60-65(61-68-50-46-57-72-53-42-38-34-30-26-22-18-14-10-6-2,62-69-51-47-58-73-54-43-39-35-31-27-23-19-15-11-7-3)63-70-64(66)48-59-74-55-44-40-36-32-28-24-20-16-12-8-4/h5-63H2,1-4H3. The van der Waals surface area contributed by atoms with Gasteiger partial charge in [0.1, 0.15) is 6.61 Å². The highest BCUT2D eigenvalue weighted by molar-refractivity contribution is 7.99. The van der Waals surface area contributed by atoms with E-state index in [0.29, 0.717) is 32.8 Å². The molecular weight excluding hydrogens is 989 g/mol. The molecule has 0 aliphatic carbocycles. The molecule has 74 heavy (non-hydrogen) atoms. The Bertz CT molecular complexity index is 950. The molecule has 0 aromatic heterocycles. The smallest absolute Gasteiger partial charge is 0.306 e. The zero-order valence-electron chi connectivity index (χ0n) is 50.4. The summed E-state index contributed by atoms with van der Waals surface area (Å²) in [6, 6.07) is 0. The van der Waals surface area contributed by atoms with Crippen LogP contribution in [0.4, 0.5) is 0 Å². The molecular formula is C65H130O5S4. The zero-order chi connectivity index (χ0) is 53.5. The van der Waals surface area contributed by atoms with Gasteiger partial charge in [-0.2, -0.15) is 47.0 Å². The van der Waals surface area contributed by atoms with E-state index in [-0.39, 0.29) is 5.97 Å². The van der Waals surface area contributed by atoms with Crippen molar-refractivity contribution < 1.29 is 23.7 Å². The van der Waals surface area contributed by atoms with Gasteiger partial charge in [-0.15, -0.1) is 0 Å². The average molecular weight is 1120 g/mol. The molecule has 0 saturated heterocycles. The lowest BCUT2D eigenvalue weighted by Gasteiger charge is -2.32. The summed E-state index contributed by atoms with van der Waals surface area (Å²) < 4.78 is 25.7. The summed E-state index contributed by atoms with van der Waals surface area (Å²) in [5.41, 5.74) is -0.506. The van der Waals surface area contributed by atoms with Gasteiger partial charge in [0, 0.05) is 25.6 Å². The van der Waals surface area contributed by atoms with Crippen LogP contribution in [0.5, 0.6) is 0 Å². The lowest BCUT2D eigenvalue weighted by atomic mass is 9.92. The molecule has 0 aliphatic rings. The van der Waals surface area contributed by atoms with E-state index in [1.165, 1.54) is 274 Å². The van der Waals surface area contributed by atoms with Crippen LogP contribution in [-0.4, -0.2) is 98.2 Å². The predicted octanol–water partition coefficient (Wildman–Crippen LogP) is 21.7. The van der Waals surface area contributed by atoms with Crippen LogP contribution < -0.4 is 0 Å². The van der Waals surface area contributed by atoms with E-state index in [2.05, 4.69) is 63.0 Å². The van der Waals surface area contributed by atoms with Gasteiger partial charge in [0.25, 0.3) is 0 Å². The Kier molecular flexibility index (Phi) is 66.9. The second kappa shape index (κ2) is 66.3. The summed E-state index contributed by atoms with van der Waals surface area (Å²) in [6.45, 7) is 13.1. The maximum absolute atomic E-state index is 13.3. The third-order valence-corrected chi connectivity index (χ3v) is 19.0. The highest BCUT2D eigenvalue weighted by atomic mass is 32.2. The Morgan fingerprint density at radius 3 is 0.743 bits per heavy atom. The Morgan fingerprint density at radius 2 is 0.486 bits per heavy atom. The zero-order valence-corrected chi connectivity index (χ0v) is 53.7. The van der Waals surface area contributed by atoms with E-state index in [0.717, 1.165) is 67.8 Å². The summed E-state index contributed by atoms with van der Waals surface area (Å²) in [6.07, 6.45) is 59.0. The van der Waals surface area contributed by atoms with Gasteiger partial charge in [-0.05, 0) is 85.2 Å². The molecule has 0 radical (unpaired) electrons. The van der Waals surface area contributed by atoms with Gasteiger partial charge in [0.15, 0.2) is 0 Å². The van der Waals surface area contributed by atoms with Crippen molar-refractivity contribution >= 4 is 53.0 Å². The Balaban J connectivity index is 5.07. The van der Waals surface area contributed by atoms with E-state index in [1.807, 2.05) is 11.8 Å². The first-order valence-electron chi connectivity index (χ1n) is 32.8. The van der Waals surface area contributed by atoms with Gasteiger partial charge in [0.2, 0.25) is 0 Å². The van der Waals surface area contributed by atoms with Crippen molar-refractivity contribution in [2.45, 2.75) is 310 Å². The largest absolute Gasteiger partial charge is 0.465 e. The number of hydrogen-bond acceptors (Lipinski definition) is 9. The second-order valence-corrected chi connectivity index (χ2v) is 27.2. The first-order chi connectivity index (χ1) is 36.6. The summed E-state index contributed by atoms with van der Waals surface area (Å²) in [4.78, 5) is 13.3. The molecule has 0 spiro atoms. The molecule has 0 aromatic carbocycles. The van der Waals surface area contributed by atoms with E-state index in [1.54, 1.807) is 0 Å². The van der Waals surface area contributed by atoms with Gasteiger partial charge >= 0.3 is 5.97 Å². The third kappa shape index (κ3) is 60.4. The average Bonchev–Trinajstić information content (AvgIpc) is 3.41. The first-order valence-corrected chi connectivity index (χ1v) is 37.5. The van der Waals surface area contributed by atoms with Crippen molar-refractivity contribution in [3.63, 3.8) is 0 Å². The number of ether oxygens (including phenoxy) is 4. The number of esters is 1. The molecule has 0 bridgehead atoms. The van der Waals surface area contributed by atoms with Crippen LogP contribution >= 0.6 is 47.0 Å². The van der Waals surface area contributed by atoms with Gasteiger partial charge in [-0.3, -0.25) is 4.79 Å². The fraction of sp³-hybridized carbons (Fsp3) is 0.985. The molecule has 5 nitrogen and oxygen atoms in total. The van der Waals surface area contributed by atoms with Crippen molar-refractivity contribution in [2.75, 3.05) is 92.3 Å². The van der Waals surface area contributed by atoms with Crippen molar-refractivity contribution in [3.8, 4) is 0 Å². The van der Waals surface area contributed by atoms with Gasteiger partial charge in [0.05, 0.1) is 31.7 Å². The van der Waals surface area contributed by atoms with Crippen molar-refractivity contribution in [3.05, 3.63) is 0 Å². The molecule has 0 N–H and O–H groups in total. The Hall–Kier alpha value is 0.750. The lowest BCUT2D eigenvalue weighted by Crippen LogP contribution is -2.42. The Labute approximate surface area is 481 Å². The summed E-state index contributed by atoms with van der Waals surface area (Å²) in [5.74, 6) is 9.04. The topological polar surface area (TPSA) is 54.0 Å². The number of carbonyl (C=O) groups is 1. The minimum Gasteiger partial charge on any atom is -0.465 e. The maximum Gasteiger partial charge on any atom is 0.306 e. The number of thioether (sulfide) groups is 4. The van der Waals surface area contributed by atoms with Crippen LogP contribution in [0, 0.1) is 5.41 Å². The quantitative estimate of drug-likeness (QED) is 0.0438. The summed E-state index contributed by atoms with van der Waals surface area (Å²) >= 11 is 8.16. The van der Waals surface area contributed by atoms with E-state index < -0.39 is 5.41 Å². The molecule has 0 saturated carbocycles. The van der Waals surface area contributed by atoms with E-state index in [4.69, 9.17) is 18.9 Å². The third-order valence-electron chi connectivity index (χ3n) is 14.5. The molecule has 0 heterocycles. The minimum atomic E-state index is -0.506. The molecule has 0 amide bonds. The van der Waals surface area contributed by atoms with E-state index in [9.17, 15) is 4.79 Å². The number of unbranched alkanes of at least 4 members (excludes halogenated alkanes) is 36. The van der Waals surface area contributed by atoms with Crippen LogP contribution in [0.2, 0.25) is 0 Å². The summed E-state index contributed by atoms with van der Waals surface area (Å²) in [7, 11) is 0. The molecule has 0 unspecified atom stereocenters. The Morgan fingerprint density at radius 1 is 0.270 bits per heavy atom. The van der Waals surface area contributed by atoms with Gasteiger partial charge in [-0.25, -0.2) is 0 Å². The molecule has 0 aliphatic heterocycles. The fourth-order valence-corrected chi connectivity index (χ4v) is 13.3. The van der Waals surface area contributed by atoms with Crippen LogP contribution in [-0.2, 0) is 23.7 Å². The highest BCUT2D eigenvalue weighted by Crippen LogP contribution is 2.24. The molecule has 0 atom stereocenters. The van der Waals surface area contributed by atoms with Crippen LogP contribution in [0.25, 0.3) is 0 Å². The molecule has 9 heteroatoms. The summed E-state index contributed by atoms with van der Waals surface area (Å²) in [5, 5.41) is 0. The predicted molar refractivity (Wildman–Crippen MR) is 341 cm³/mol.